The quantitative estimate of drug-likeness (QED) is 0.889. The van der Waals surface area contributed by atoms with Gasteiger partial charge in [0.25, 0.3) is 0 Å². The lowest BCUT2D eigenvalue weighted by molar-refractivity contribution is 0.0696. The van der Waals surface area contributed by atoms with Gasteiger partial charge >= 0.3 is 5.97 Å². The van der Waals surface area contributed by atoms with Gasteiger partial charge in [-0.15, -0.1) is 0 Å². The zero-order chi connectivity index (χ0) is 13.0. The van der Waals surface area contributed by atoms with Gasteiger partial charge in [0.05, 0.1) is 11.3 Å². The van der Waals surface area contributed by atoms with Gasteiger partial charge in [0.1, 0.15) is 0 Å². The Morgan fingerprint density at radius 2 is 2.39 bits per heavy atom. The van der Waals surface area contributed by atoms with E-state index in [0.29, 0.717) is 0 Å². The van der Waals surface area contributed by atoms with Crippen molar-refractivity contribution in [3.05, 3.63) is 29.6 Å². The fourth-order valence-electron chi connectivity index (χ4n) is 2.50. The van der Waals surface area contributed by atoms with E-state index in [1.807, 2.05) is 6.07 Å². The third-order valence-electron chi connectivity index (χ3n) is 3.64. The minimum absolute atomic E-state index is 0.254. The Balaban J connectivity index is 1.94. The molecule has 4 nitrogen and oxygen atoms in total. The van der Waals surface area contributed by atoms with Crippen LogP contribution in [0.1, 0.15) is 42.2 Å². The summed E-state index contributed by atoms with van der Waals surface area (Å²) >= 11 is 0. The number of likely N-dealkylation sites (tertiary alicyclic amines) is 1. The molecule has 0 aromatic carbocycles. The van der Waals surface area contributed by atoms with Gasteiger partial charge < -0.3 is 5.11 Å². The summed E-state index contributed by atoms with van der Waals surface area (Å²) in [7, 11) is 0. The van der Waals surface area contributed by atoms with Crippen LogP contribution in [0.25, 0.3) is 0 Å². The summed E-state index contributed by atoms with van der Waals surface area (Å²) in [5.41, 5.74) is 1.21. The van der Waals surface area contributed by atoms with Crippen molar-refractivity contribution >= 4 is 5.97 Å². The summed E-state index contributed by atoms with van der Waals surface area (Å²) in [6.07, 6.45) is 5.27. The SMILES string of the molecule is CCC1CCCN(Cc2ccc(C(=O)O)cn2)C1. The first kappa shape index (κ1) is 13.0. The van der Waals surface area contributed by atoms with E-state index in [4.69, 9.17) is 5.11 Å². The number of carboxylic acid groups (broad SMARTS) is 1. The number of aromatic nitrogens is 1. The van der Waals surface area contributed by atoms with E-state index in [1.165, 1.54) is 25.5 Å². The fraction of sp³-hybridized carbons (Fsp3) is 0.571. The van der Waals surface area contributed by atoms with Crippen LogP contribution < -0.4 is 0 Å². The Labute approximate surface area is 108 Å². The highest BCUT2D eigenvalue weighted by Crippen LogP contribution is 2.20. The first-order valence-electron chi connectivity index (χ1n) is 6.59. The molecular formula is C14H20N2O2. The number of pyridine rings is 1. The van der Waals surface area contributed by atoms with Gasteiger partial charge in [-0.1, -0.05) is 13.3 Å². The molecule has 2 heterocycles. The van der Waals surface area contributed by atoms with Crippen molar-refractivity contribution in [2.75, 3.05) is 13.1 Å². The Kier molecular flexibility index (Phi) is 4.31. The zero-order valence-electron chi connectivity index (χ0n) is 10.8. The van der Waals surface area contributed by atoms with E-state index in [2.05, 4.69) is 16.8 Å². The minimum Gasteiger partial charge on any atom is -0.478 e. The molecule has 0 aliphatic carbocycles. The van der Waals surface area contributed by atoms with Crippen molar-refractivity contribution in [2.45, 2.75) is 32.7 Å². The lowest BCUT2D eigenvalue weighted by atomic mass is 9.95. The van der Waals surface area contributed by atoms with Crippen LogP contribution in [-0.4, -0.2) is 34.0 Å². The molecule has 0 bridgehead atoms. The summed E-state index contributed by atoms with van der Waals surface area (Å²) in [4.78, 5) is 17.4. The maximum absolute atomic E-state index is 10.7. The van der Waals surface area contributed by atoms with Gasteiger partial charge in [-0.2, -0.15) is 0 Å². The van der Waals surface area contributed by atoms with Crippen LogP contribution in [-0.2, 0) is 6.54 Å². The molecule has 0 radical (unpaired) electrons. The average molecular weight is 248 g/mol. The zero-order valence-corrected chi connectivity index (χ0v) is 10.8. The normalized spacial score (nSPS) is 20.8. The molecule has 1 N–H and O–H groups in total. The topological polar surface area (TPSA) is 53.4 Å². The average Bonchev–Trinajstić information content (AvgIpc) is 2.39. The second-order valence-electron chi connectivity index (χ2n) is 4.99. The third kappa shape index (κ3) is 3.29. The van der Waals surface area contributed by atoms with Crippen molar-refractivity contribution < 1.29 is 9.90 Å². The number of nitrogens with zero attached hydrogens (tertiary/aromatic N) is 2. The van der Waals surface area contributed by atoms with Gasteiger partial charge in [0, 0.05) is 19.3 Å². The molecule has 18 heavy (non-hydrogen) atoms. The van der Waals surface area contributed by atoms with E-state index in [1.54, 1.807) is 6.07 Å². The number of aromatic carboxylic acids is 1. The van der Waals surface area contributed by atoms with E-state index >= 15 is 0 Å². The van der Waals surface area contributed by atoms with Crippen molar-refractivity contribution in [3.63, 3.8) is 0 Å². The van der Waals surface area contributed by atoms with Crippen LogP contribution >= 0.6 is 0 Å². The van der Waals surface area contributed by atoms with Gasteiger partial charge in [-0.25, -0.2) is 4.79 Å². The van der Waals surface area contributed by atoms with Gasteiger partial charge in [-0.3, -0.25) is 9.88 Å². The Hall–Kier alpha value is -1.42. The summed E-state index contributed by atoms with van der Waals surface area (Å²) in [5, 5.41) is 8.81. The smallest absolute Gasteiger partial charge is 0.337 e. The molecule has 1 aromatic heterocycles. The second-order valence-corrected chi connectivity index (χ2v) is 4.99. The van der Waals surface area contributed by atoms with Crippen molar-refractivity contribution in [2.24, 2.45) is 5.92 Å². The van der Waals surface area contributed by atoms with Gasteiger partial charge in [0.15, 0.2) is 0 Å². The first-order valence-corrected chi connectivity index (χ1v) is 6.59. The molecular weight excluding hydrogens is 228 g/mol. The molecule has 0 saturated carbocycles. The van der Waals surface area contributed by atoms with E-state index < -0.39 is 5.97 Å². The molecule has 1 saturated heterocycles. The standard InChI is InChI=1S/C14H20N2O2/c1-2-11-4-3-7-16(9-11)10-13-6-5-12(8-15-13)14(17)18/h5-6,8,11H,2-4,7,9-10H2,1H3,(H,17,18). The molecule has 0 spiro atoms. The predicted molar refractivity (Wildman–Crippen MR) is 69.5 cm³/mol. The lowest BCUT2D eigenvalue weighted by Gasteiger charge is -2.31. The maximum atomic E-state index is 10.7. The highest BCUT2D eigenvalue weighted by atomic mass is 16.4. The molecule has 1 fully saturated rings. The number of carbonyl (C=O) groups is 1. The van der Waals surface area contributed by atoms with Gasteiger partial charge in [-0.05, 0) is 37.4 Å². The van der Waals surface area contributed by atoms with E-state index in [0.717, 1.165) is 31.2 Å². The molecule has 4 heteroatoms. The molecule has 1 atom stereocenters. The Bertz CT molecular complexity index is 403. The van der Waals surface area contributed by atoms with Crippen LogP contribution in [0.5, 0.6) is 0 Å². The van der Waals surface area contributed by atoms with Crippen molar-refractivity contribution in [1.82, 2.24) is 9.88 Å². The second kappa shape index (κ2) is 5.96. The first-order chi connectivity index (χ1) is 8.69. The Morgan fingerprint density at radius 1 is 1.56 bits per heavy atom. The third-order valence-corrected chi connectivity index (χ3v) is 3.64. The highest BCUT2D eigenvalue weighted by Gasteiger charge is 2.18. The van der Waals surface area contributed by atoms with Crippen LogP contribution in [0.3, 0.4) is 0 Å². The van der Waals surface area contributed by atoms with Crippen LogP contribution in [0, 0.1) is 5.92 Å². The van der Waals surface area contributed by atoms with E-state index in [-0.39, 0.29) is 5.56 Å². The molecule has 1 aliphatic rings. The lowest BCUT2D eigenvalue weighted by Crippen LogP contribution is -2.34. The van der Waals surface area contributed by atoms with Crippen molar-refractivity contribution in [1.29, 1.82) is 0 Å². The predicted octanol–water partition coefficient (Wildman–Crippen LogP) is 2.40. The highest BCUT2D eigenvalue weighted by molar-refractivity contribution is 5.87. The summed E-state index contributed by atoms with van der Waals surface area (Å²) in [6, 6.07) is 3.45. The monoisotopic (exact) mass is 248 g/mol. The summed E-state index contributed by atoms with van der Waals surface area (Å²) in [6.45, 7) is 5.34. The number of carboxylic acids is 1. The fourth-order valence-corrected chi connectivity index (χ4v) is 2.50. The van der Waals surface area contributed by atoms with Crippen molar-refractivity contribution in [3.8, 4) is 0 Å². The number of rotatable bonds is 4. The largest absolute Gasteiger partial charge is 0.478 e. The Morgan fingerprint density at radius 3 is 3.00 bits per heavy atom. The molecule has 1 aliphatic heterocycles. The van der Waals surface area contributed by atoms with Gasteiger partial charge in [0.2, 0.25) is 0 Å². The number of hydrogen-bond donors (Lipinski definition) is 1. The number of hydrogen-bond acceptors (Lipinski definition) is 3. The molecule has 1 aromatic rings. The van der Waals surface area contributed by atoms with Crippen LogP contribution in [0.4, 0.5) is 0 Å². The maximum Gasteiger partial charge on any atom is 0.337 e. The summed E-state index contributed by atoms with van der Waals surface area (Å²) < 4.78 is 0. The van der Waals surface area contributed by atoms with Crippen LogP contribution in [0.15, 0.2) is 18.3 Å². The number of piperidine rings is 1. The molecule has 2 rings (SSSR count). The van der Waals surface area contributed by atoms with E-state index in [9.17, 15) is 4.79 Å². The van der Waals surface area contributed by atoms with Crippen LogP contribution in [0.2, 0.25) is 0 Å². The molecule has 1 unspecified atom stereocenters. The minimum atomic E-state index is -0.918. The molecule has 0 amide bonds. The molecule has 98 valence electrons. The summed E-state index contributed by atoms with van der Waals surface area (Å²) in [5.74, 6) is -0.116.